The van der Waals surface area contributed by atoms with Crippen LogP contribution >= 0.6 is 0 Å². The van der Waals surface area contributed by atoms with Gasteiger partial charge in [-0.2, -0.15) is 0 Å². The molecule has 3 fully saturated rings. The van der Waals surface area contributed by atoms with Gasteiger partial charge in [-0.15, -0.1) is 0 Å². The second-order valence-electron chi connectivity index (χ2n) is 8.68. The fraction of sp³-hybridized carbons (Fsp3) is 0.947. The van der Waals surface area contributed by atoms with Crippen molar-refractivity contribution in [3.8, 4) is 0 Å². The molecule has 0 aromatic heterocycles. The number of nitrogens with zero attached hydrogens (tertiary/aromatic N) is 1. The van der Waals surface area contributed by atoms with Crippen molar-refractivity contribution < 1.29 is 13.2 Å². The van der Waals surface area contributed by atoms with Gasteiger partial charge in [0.15, 0.2) is 15.8 Å². The first-order chi connectivity index (χ1) is 12.4. The van der Waals surface area contributed by atoms with Crippen molar-refractivity contribution in [2.45, 2.75) is 82.9 Å². The van der Waals surface area contributed by atoms with Crippen molar-refractivity contribution in [1.29, 1.82) is 0 Å². The van der Waals surface area contributed by atoms with Gasteiger partial charge in [0.25, 0.3) is 0 Å². The lowest BCUT2D eigenvalue weighted by atomic mass is 9.78. The number of rotatable bonds is 4. The average Bonchev–Trinajstić information content (AvgIpc) is 2.92. The third-order valence-electron chi connectivity index (χ3n) is 5.86. The summed E-state index contributed by atoms with van der Waals surface area (Å²) in [5.41, 5.74) is 0.0661. The van der Waals surface area contributed by atoms with Gasteiger partial charge >= 0.3 is 0 Å². The van der Waals surface area contributed by atoms with Crippen LogP contribution in [-0.4, -0.2) is 56.7 Å². The van der Waals surface area contributed by atoms with Crippen molar-refractivity contribution >= 4 is 15.8 Å². The maximum atomic E-state index is 11.7. The quantitative estimate of drug-likeness (QED) is 0.573. The summed E-state index contributed by atoms with van der Waals surface area (Å²) in [5, 5.41) is 7.02. The first-order valence-electron chi connectivity index (χ1n) is 10.3. The molecule has 2 heterocycles. The third kappa shape index (κ3) is 5.59. The minimum absolute atomic E-state index is 0.0661. The van der Waals surface area contributed by atoms with Gasteiger partial charge in [0.05, 0.1) is 17.1 Å². The molecule has 150 valence electrons. The Morgan fingerprint density at radius 2 is 2.00 bits per heavy atom. The highest BCUT2D eigenvalue weighted by atomic mass is 32.2. The molecule has 0 amide bonds. The fourth-order valence-electron chi connectivity index (χ4n) is 4.53. The Bertz CT molecular complexity index is 592. The zero-order valence-corrected chi connectivity index (χ0v) is 17.1. The molecule has 3 rings (SSSR count). The minimum Gasteiger partial charge on any atom is -0.375 e. The highest BCUT2D eigenvalue weighted by molar-refractivity contribution is 7.91. The number of nitrogens with one attached hydrogen (secondary N) is 2. The smallest absolute Gasteiger partial charge is 0.191 e. The maximum absolute atomic E-state index is 11.7. The van der Waals surface area contributed by atoms with Crippen LogP contribution in [0.15, 0.2) is 4.99 Å². The second-order valence-corrected chi connectivity index (χ2v) is 10.9. The van der Waals surface area contributed by atoms with Crippen LogP contribution < -0.4 is 10.6 Å². The lowest BCUT2D eigenvalue weighted by molar-refractivity contribution is -0.107. The molecule has 2 atom stereocenters. The van der Waals surface area contributed by atoms with Gasteiger partial charge < -0.3 is 15.4 Å². The SMILES string of the molecule is CC(C)NC(=NCC1CCS(=O)(=O)C1)NC1CCOC2(CCCCC2)C1. The van der Waals surface area contributed by atoms with E-state index in [2.05, 4.69) is 24.5 Å². The Balaban J connectivity index is 1.59. The molecule has 0 bridgehead atoms. The van der Waals surface area contributed by atoms with Crippen molar-refractivity contribution in [1.82, 2.24) is 10.6 Å². The van der Waals surface area contributed by atoms with Gasteiger partial charge in [-0.25, -0.2) is 8.42 Å². The summed E-state index contributed by atoms with van der Waals surface area (Å²) in [6.07, 6.45) is 9.00. The van der Waals surface area contributed by atoms with Gasteiger partial charge in [-0.05, 0) is 51.9 Å². The highest BCUT2D eigenvalue weighted by Crippen LogP contribution is 2.38. The number of ether oxygens (including phenoxy) is 1. The summed E-state index contributed by atoms with van der Waals surface area (Å²) < 4.78 is 29.5. The van der Waals surface area contributed by atoms with Crippen molar-refractivity contribution in [2.24, 2.45) is 10.9 Å². The van der Waals surface area contributed by atoms with Gasteiger partial charge in [-0.3, -0.25) is 4.99 Å². The van der Waals surface area contributed by atoms with Gasteiger partial charge in [0, 0.05) is 25.2 Å². The molecular formula is C19H35N3O3S. The average molecular weight is 386 g/mol. The van der Waals surface area contributed by atoms with Gasteiger partial charge in [0.1, 0.15) is 0 Å². The molecule has 26 heavy (non-hydrogen) atoms. The van der Waals surface area contributed by atoms with E-state index >= 15 is 0 Å². The van der Waals surface area contributed by atoms with E-state index in [1.54, 1.807) is 0 Å². The molecule has 7 heteroatoms. The Hall–Kier alpha value is -0.820. The van der Waals surface area contributed by atoms with Crippen LogP contribution in [0.4, 0.5) is 0 Å². The molecule has 2 saturated heterocycles. The first-order valence-corrected chi connectivity index (χ1v) is 12.1. The Labute approximate surface area is 158 Å². The molecular weight excluding hydrogens is 350 g/mol. The van der Waals surface area contributed by atoms with Crippen LogP contribution in [-0.2, 0) is 14.6 Å². The number of hydrogen-bond donors (Lipinski definition) is 2. The first kappa shape index (κ1) is 19.9. The predicted octanol–water partition coefficient (Wildman–Crippen LogP) is 2.25. The van der Waals surface area contributed by atoms with Gasteiger partial charge in [0.2, 0.25) is 0 Å². The molecule has 1 spiro atoms. The van der Waals surface area contributed by atoms with Crippen LogP contribution in [0.25, 0.3) is 0 Å². The summed E-state index contributed by atoms with van der Waals surface area (Å²) in [6.45, 7) is 5.59. The molecule has 3 aliphatic rings. The Morgan fingerprint density at radius 3 is 2.65 bits per heavy atom. The molecule has 1 saturated carbocycles. The molecule has 2 unspecified atom stereocenters. The molecule has 0 aromatic rings. The van der Waals surface area contributed by atoms with E-state index < -0.39 is 9.84 Å². The molecule has 6 nitrogen and oxygen atoms in total. The standard InChI is InChI=1S/C19H35N3O3S/c1-15(2)21-18(20-13-16-7-11-26(23,24)14-16)22-17-6-10-25-19(12-17)8-4-3-5-9-19/h15-17H,3-14H2,1-2H3,(H2,20,21,22). The van der Waals surface area contributed by atoms with Crippen molar-refractivity contribution in [3.05, 3.63) is 0 Å². The fourth-order valence-corrected chi connectivity index (χ4v) is 6.38. The Kier molecular flexibility index (Phi) is 6.49. The molecule has 0 radical (unpaired) electrons. The lowest BCUT2D eigenvalue weighted by Crippen LogP contribution is -2.53. The number of guanidine groups is 1. The molecule has 1 aliphatic carbocycles. The van der Waals surface area contributed by atoms with Crippen LogP contribution in [0.3, 0.4) is 0 Å². The van der Waals surface area contributed by atoms with Crippen molar-refractivity contribution in [2.75, 3.05) is 24.7 Å². The minimum atomic E-state index is -2.84. The van der Waals surface area contributed by atoms with E-state index in [-0.39, 0.29) is 23.3 Å². The van der Waals surface area contributed by atoms with Crippen LogP contribution in [0.1, 0.15) is 65.2 Å². The summed E-state index contributed by atoms with van der Waals surface area (Å²) in [6, 6.07) is 0.663. The zero-order valence-electron chi connectivity index (χ0n) is 16.3. The molecule has 0 aromatic carbocycles. The summed E-state index contributed by atoms with van der Waals surface area (Å²) in [5.74, 6) is 1.58. The summed E-state index contributed by atoms with van der Waals surface area (Å²) >= 11 is 0. The summed E-state index contributed by atoms with van der Waals surface area (Å²) in [7, 11) is -2.84. The molecule has 2 N–H and O–H groups in total. The van der Waals surface area contributed by atoms with Crippen LogP contribution in [0.2, 0.25) is 0 Å². The van der Waals surface area contributed by atoms with Crippen LogP contribution in [0.5, 0.6) is 0 Å². The number of hydrogen-bond acceptors (Lipinski definition) is 4. The second kappa shape index (κ2) is 8.46. The van der Waals surface area contributed by atoms with Crippen LogP contribution in [0, 0.1) is 5.92 Å². The Morgan fingerprint density at radius 1 is 1.23 bits per heavy atom. The largest absolute Gasteiger partial charge is 0.375 e. The highest BCUT2D eigenvalue weighted by Gasteiger charge is 2.38. The van der Waals surface area contributed by atoms with E-state index in [4.69, 9.17) is 9.73 Å². The maximum Gasteiger partial charge on any atom is 0.191 e. The van der Waals surface area contributed by atoms with Crippen molar-refractivity contribution in [3.63, 3.8) is 0 Å². The molecule has 2 aliphatic heterocycles. The third-order valence-corrected chi connectivity index (χ3v) is 7.70. The lowest BCUT2D eigenvalue weighted by Gasteiger charge is -2.44. The van der Waals surface area contributed by atoms with E-state index in [1.165, 1.54) is 32.1 Å². The topological polar surface area (TPSA) is 79.8 Å². The summed E-state index contributed by atoms with van der Waals surface area (Å²) in [4.78, 5) is 4.73. The van der Waals surface area contributed by atoms with E-state index in [1.807, 2.05) is 0 Å². The predicted molar refractivity (Wildman–Crippen MR) is 105 cm³/mol. The van der Waals surface area contributed by atoms with E-state index in [0.717, 1.165) is 31.8 Å². The zero-order chi connectivity index (χ0) is 18.6. The number of sulfone groups is 1. The monoisotopic (exact) mass is 385 g/mol. The van der Waals surface area contributed by atoms with E-state index in [0.29, 0.717) is 18.3 Å². The normalized spacial score (nSPS) is 31.3. The van der Waals surface area contributed by atoms with Gasteiger partial charge in [-0.1, -0.05) is 19.3 Å². The number of aliphatic imine (C=N–C) groups is 1. The van der Waals surface area contributed by atoms with E-state index in [9.17, 15) is 8.42 Å².